The zero-order chi connectivity index (χ0) is 11.5. The van der Waals surface area contributed by atoms with E-state index in [0.29, 0.717) is 19.5 Å². The van der Waals surface area contributed by atoms with E-state index in [9.17, 15) is 18.0 Å². The van der Waals surface area contributed by atoms with Crippen LogP contribution in [0.1, 0.15) is 13.3 Å². The Kier molecular flexibility index (Phi) is 3.56. The zero-order valence-electron chi connectivity index (χ0n) is 8.28. The summed E-state index contributed by atoms with van der Waals surface area (Å²) in [6, 6.07) is 0. The first kappa shape index (κ1) is 12.3. The molecule has 1 aliphatic rings. The zero-order valence-corrected chi connectivity index (χ0v) is 8.28. The number of carbonyl (C=O) groups is 1. The lowest BCUT2D eigenvalue weighted by molar-refractivity contribution is -0.194. The van der Waals surface area contributed by atoms with E-state index >= 15 is 0 Å². The number of hydroxylamine groups is 1. The van der Waals surface area contributed by atoms with E-state index in [0.717, 1.165) is 0 Å². The molecule has 0 aliphatic carbocycles. The highest BCUT2D eigenvalue weighted by atomic mass is 19.4. The third kappa shape index (κ3) is 3.67. The Balaban J connectivity index is 2.30. The average Bonchev–Trinajstić information content (AvgIpc) is 2.51. The molecule has 1 atom stereocenters. The van der Waals surface area contributed by atoms with Gasteiger partial charge in [0.15, 0.2) is 6.61 Å². The molecule has 0 spiro atoms. The average molecular weight is 226 g/mol. The molecule has 0 bridgehead atoms. The van der Waals surface area contributed by atoms with Crippen molar-refractivity contribution in [2.45, 2.75) is 19.5 Å². The van der Waals surface area contributed by atoms with Gasteiger partial charge in [-0.15, -0.1) is 0 Å². The van der Waals surface area contributed by atoms with Gasteiger partial charge >= 0.3 is 6.18 Å². The Hall–Kier alpha value is -0.820. The van der Waals surface area contributed by atoms with Crippen LogP contribution < -0.4 is 10.8 Å². The lowest BCUT2D eigenvalue weighted by Crippen LogP contribution is -2.41. The highest BCUT2D eigenvalue weighted by Gasteiger charge is 2.37. The van der Waals surface area contributed by atoms with Gasteiger partial charge in [-0.25, -0.2) is 5.48 Å². The van der Waals surface area contributed by atoms with Gasteiger partial charge in [-0.05, 0) is 19.9 Å². The van der Waals surface area contributed by atoms with E-state index in [2.05, 4.69) is 10.2 Å². The molecule has 1 saturated heterocycles. The highest BCUT2D eigenvalue weighted by Crippen LogP contribution is 2.24. The number of alkyl halides is 3. The number of carbonyl (C=O) groups excluding carboxylic acids is 1. The Bertz CT molecular complexity index is 237. The van der Waals surface area contributed by atoms with Crippen molar-refractivity contribution in [3.05, 3.63) is 0 Å². The van der Waals surface area contributed by atoms with Crippen LogP contribution in [0.4, 0.5) is 13.2 Å². The number of hydrogen-bond acceptors (Lipinski definition) is 3. The van der Waals surface area contributed by atoms with Gasteiger partial charge in [-0.1, -0.05) is 0 Å². The molecule has 0 aromatic carbocycles. The van der Waals surface area contributed by atoms with E-state index in [-0.39, 0.29) is 0 Å². The molecule has 88 valence electrons. The summed E-state index contributed by atoms with van der Waals surface area (Å²) in [5, 5.41) is 2.96. The van der Waals surface area contributed by atoms with Crippen LogP contribution in [0.3, 0.4) is 0 Å². The van der Waals surface area contributed by atoms with Gasteiger partial charge < -0.3 is 5.32 Å². The molecule has 2 N–H and O–H groups in total. The molecule has 0 saturated carbocycles. The number of amides is 1. The van der Waals surface area contributed by atoms with Crippen LogP contribution in [0, 0.1) is 5.41 Å². The van der Waals surface area contributed by atoms with Crippen molar-refractivity contribution in [3.8, 4) is 0 Å². The van der Waals surface area contributed by atoms with Crippen molar-refractivity contribution < 1.29 is 22.8 Å². The number of rotatable bonds is 3. The molecule has 1 unspecified atom stereocenters. The van der Waals surface area contributed by atoms with Gasteiger partial charge in [0.05, 0.1) is 5.41 Å². The quantitative estimate of drug-likeness (QED) is 0.693. The molecule has 7 heteroatoms. The second-order valence-electron chi connectivity index (χ2n) is 3.82. The first-order valence-electron chi connectivity index (χ1n) is 4.53. The van der Waals surface area contributed by atoms with Crippen molar-refractivity contribution >= 4 is 5.91 Å². The minimum absolute atomic E-state index is 0.453. The Morgan fingerprint density at radius 3 is 2.73 bits per heavy atom. The molecule has 0 aromatic heterocycles. The fourth-order valence-electron chi connectivity index (χ4n) is 1.32. The van der Waals surface area contributed by atoms with Crippen LogP contribution in [0.5, 0.6) is 0 Å². The minimum atomic E-state index is -4.43. The Labute approximate surface area is 85.1 Å². The van der Waals surface area contributed by atoms with Crippen molar-refractivity contribution in [1.29, 1.82) is 0 Å². The van der Waals surface area contributed by atoms with Crippen molar-refractivity contribution in [3.63, 3.8) is 0 Å². The van der Waals surface area contributed by atoms with E-state index in [1.807, 2.05) is 5.48 Å². The standard InChI is InChI=1S/C8H13F3N2O2/c1-7(2-3-12-4-7)6(14)13-15-5-8(9,10)11/h12H,2-5H2,1H3,(H,13,14). The fourth-order valence-corrected chi connectivity index (χ4v) is 1.32. The predicted molar refractivity (Wildman–Crippen MR) is 45.7 cm³/mol. The minimum Gasteiger partial charge on any atom is -0.316 e. The molecule has 1 heterocycles. The van der Waals surface area contributed by atoms with Gasteiger partial charge in [-0.2, -0.15) is 13.2 Å². The van der Waals surface area contributed by atoms with E-state index in [4.69, 9.17) is 0 Å². The van der Waals surface area contributed by atoms with Gasteiger partial charge in [0.1, 0.15) is 0 Å². The van der Waals surface area contributed by atoms with Crippen LogP contribution in [0.15, 0.2) is 0 Å². The van der Waals surface area contributed by atoms with Crippen LogP contribution in [-0.4, -0.2) is 31.8 Å². The summed E-state index contributed by atoms with van der Waals surface area (Å²) in [5.74, 6) is -0.517. The predicted octanol–water partition coefficient (Wildman–Crippen LogP) is 0.596. The Morgan fingerprint density at radius 1 is 1.60 bits per heavy atom. The molecular formula is C8H13F3N2O2. The largest absolute Gasteiger partial charge is 0.414 e. The van der Waals surface area contributed by atoms with Crippen LogP contribution in [-0.2, 0) is 9.63 Å². The summed E-state index contributed by atoms with van der Waals surface area (Å²) in [6.07, 6.45) is -3.84. The lowest BCUT2D eigenvalue weighted by atomic mass is 9.89. The summed E-state index contributed by atoms with van der Waals surface area (Å²) in [7, 11) is 0. The van der Waals surface area contributed by atoms with E-state index < -0.39 is 24.1 Å². The van der Waals surface area contributed by atoms with Crippen LogP contribution in [0.2, 0.25) is 0 Å². The van der Waals surface area contributed by atoms with Crippen molar-refractivity contribution in [1.82, 2.24) is 10.8 Å². The molecule has 1 amide bonds. The van der Waals surface area contributed by atoms with Crippen LogP contribution >= 0.6 is 0 Å². The van der Waals surface area contributed by atoms with E-state index in [1.165, 1.54) is 0 Å². The monoisotopic (exact) mass is 226 g/mol. The molecule has 0 radical (unpaired) electrons. The Morgan fingerprint density at radius 2 is 2.27 bits per heavy atom. The van der Waals surface area contributed by atoms with Gasteiger partial charge in [0.2, 0.25) is 0 Å². The topological polar surface area (TPSA) is 50.4 Å². The number of halogens is 3. The van der Waals surface area contributed by atoms with E-state index in [1.54, 1.807) is 6.92 Å². The maximum Gasteiger partial charge on any atom is 0.414 e. The molecule has 4 nitrogen and oxygen atoms in total. The summed E-state index contributed by atoms with van der Waals surface area (Å²) in [6.45, 7) is 1.35. The van der Waals surface area contributed by atoms with Gasteiger partial charge in [0.25, 0.3) is 5.91 Å². The van der Waals surface area contributed by atoms with Crippen LogP contribution in [0.25, 0.3) is 0 Å². The molecule has 0 aromatic rings. The molecule has 1 fully saturated rings. The molecule has 15 heavy (non-hydrogen) atoms. The third-order valence-corrected chi connectivity index (χ3v) is 2.32. The normalized spacial score (nSPS) is 26.7. The first-order valence-corrected chi connectivity index (χ1v) is 4.53. The van der Waals surface area contributed by atoms with Crippen molar-refractivity contribution in [2.24, 2.45) is 5.41 Å². The fraction of sp³-hybridized carbons (Fsp3) is 0.875. The number of nitrogens with one attached hydrogen (secondary N) is 2. The molecular weight excluding hydrogens is 213 g/mol. The summed E-state index contributed by atoms with van der Waals surface area (Å²) in [4.78, 5) is 15.5. The van der Waals surface area contributed by atoms with Crippen molar-refractivity contribution in [2.75, 3.05) is 19.7 Å². The molecule has 1 rings (SSSR count). The second-order valence-corrected chi connectivity index (χ2v) is 3.82. The summed E-state index contributed by atoms with van der Waals surface area (Å²) < 4.78 is 35.1. The summed E-state index contributed by atoms with van der Waals surface area (Å²) >= 11 is 0. The molecule has 1 aliphatic heterocycles. The van der Waals surface area contributed by atoms with Gasteiger partial charge in [-0.3, -0.25) is 9.63 Å². The highest BCUT2D eigenvalue weighted by molar-refractivity contribution is 5.81. The summed E-state index contributed by atoms with van der Waals surface area (Å²) in [5.41, 5.74) is 1.15. The maximum absolute atomic E-state index is 11.7. The smallest absolute Gasteiger partial charge is 0.316 e. The maximum atomic E-state index is 11.7. The van der Waals surface area contributed by atoms with Gasteiger partial charge in [0, 0.05) is 6.54 Å². The first-order chi connectivity index (χ1) is 6.83. The third-order valence-electron chi connectivity index (χ3n) is 2.32. The second kappa shape index (κ2) is 4.36. The SMILES string of the molecule is CC1(C(=O)NOCC(F)(F)F)CCNC1. The lowest BCUT2D eigenvalue weighted by Gasteiger charge is -2.21. The number of hydrogen-bond donors (Lipinski definition) is 2.